The Hall–Kier alpha value is -2.18. The van der Waals surface area contributed by atoms with Gasteiger partial charge in [0, 0.05) is 5.56 Å². The molecule has 0 radical (unpaired) electrons. The first-order valence-electron chi connectivity index (χ1n) is 5.55. The van der Waals surface area contributed by atoms with Crippen molar-refractivity contribution in [1.29, 1.82) is 0 Å². The van der Waals surface area contributed by atoms with Crippen molar-refractivity contribution in [3.05, 3.63) is 66.2 Å². The van der Waals surface area contributed by atoms with Crippen molar-refractivity contribution in [1.82, 2.24) is 5.43 Å². The van der Waals surface area contributed by atoms with E-state index in [9.17, 15) is 8.42 Å². The molecular weight excluding hydrogens is 262 g/mol. The van der Waals surface area contributed by atoms with Crippen LogP contribution in [0.15, 0.2) is 70.0 Å². The van der Waals surface area contributed by atoms with Gasteiger partial charge in [-0.05, 0) is 12.1 Å². The number of nitrogens with two attached hydrogens (primary N) is 1. The highest BCUT2D eigenvalue weighted by Gasteiger charge is 2.14. The lowest BCUT2D eigenvalue weighted by atomic mass is 10.2. The van der Waals surface area contributed by atoms with Gasteiger partial charge in [-0.25, -0.2) is 5.84 Å². The van der Waals surface area contributed by atoms with Gasteiger partial charge < -0.3 is 5.43 Å². The minimum Gasteiger partial charge on any atom is -0.307 e. The molecule has 6 heteroatoms. The van der Waals surface area contributed by atoms with E-state index in [4.69, 9.17) is 5.84 Å². The van der Waals surface area contributed by atoms with Gasteiger partial charge in [-0.2, -0.15) is 8.42 Å². The highest BCUT2D eigenvalue weighted by molar-refractivity contribution is 7.90. The van der Waals surface area contributed by atoms with Crippen molar-refractivity contribution in [3.8, 4) is 0 Å². The summed E-state index contributed by atoms with van der Waals surface area (Å²) in [6.07, 6.45) is 0. The molecule has 0 bridgehead atoms. The third-order valence-corrected chi connectivity index (χ3v) is 3.73. The second kappa shape index (κ2) is 5.64. The maximum absolute atomic E-state index is 12.1. The first-order valence-corrected chi connectivity index (χ1v) is 6.99. The number of hydrazine groups is 1. The van der Waals surface area contributed by atoms with E-state index in [1.165, 1.54) is 12.1 Å². The second-order valence-corrected chi connectivity index (χ2v) is 5.34. The van der Waals surface area contributed by atoms with Gasteiger partial charge in [-0.1, -0.05) is 48.5 Å². The molecule has 2 aromatic rings. The number of hydrogen-bond acceptors (Lipinski definition) is 3. The fraction of sp³-hybridized carbons (Fsp3) is 0. The normalized spacial score (nSPS) is 12.2. The van der Waals surface area contributed by atoms with Crippen LogP contribution in [0.4, 0.5) is 0 Å². The van der Waals surface area contributed by atoms with Crippen LogP contribution in [0.25, 0.3) is 0 Å². The van der Waals surface area contributed by atoms with Crippen LogP contribution in [-0.2, 0) is 10.0 Å². The molecule has 0 aromatic heterocycles. The van der Waals surface area contributed by atoms with Gasteiger partial charge in [0.05, 0.1) is 4.90 Å². The number of nitrogens with zero attached hydrogens (tertiary/aromatic N) is 1. The summed E-state index contributed by atoms with van der Waals surface area (Å²) in [5.74, 6) is 5.45. The van der Waals surface area contributed by atoms with Crippen LogP contribution >= 0.6 is 0 Å². The molecule has 98 valence electrons. The van der Waals surface area contributed by atoms with Crippen molar-refractivity contribution in [2.24, 2.45) is 10.2 Å². The quantitative estimate of drug-likeness (QED) is 0.382. The van der Waals surface area contributed by atoms with Gasteiger partial charge in [-0.15, -0.1) is 4.40 Å². The van der Waals surface area contributed by atoms with Crippen LogP contribution in [0.2, 0.25) is 0 Å². The van der Waals surface area contributed by atoms with E-state index in [0.717, 1.165) is 0 Å². The van der Waals surface area contributed by atoms with E-state index in [0.29, 0.717) is 5.56 Å². The van der Waals surface area contributed by atoms with Gasteiger partial charge in [0.25, 0.3) is 10.0 Å². The summed E-state index contributed by atoms with van der Waals surface area (Å²) >= 11 is 0. The van der Waals surface area contributed by atoms with E-state index < -0.39 is 10.0 Å². The number of benzene rings is 2. The largest absolute Gasteiger partial charge is 0.307 e. The molecule has 0 heterocycles. The second-order valence-electron chi connectivity index (χ2n) is 3.74. The summed E-state index contributed by atoms with van der Waals surface area (Å²) in [5.41, 5.74) is 2.92. The highest BCUT2D eigenvalue weighted by Crippen LogP contribution is 2.12. The summed E-state index contributed by atoms with van der Waals surface area (Å²) < 4.78 is 27.9. The van der Waals surface area contributed by atoms with E-state index in [1.807, 2.05) is 6.07 Å². The topological polar surface area (TPSA) is 84.5 Å². The van der Waals surface area contributed by atoms with Crippen molar-refractivity contribution in [3.63, 3.8) is 0 Å². The van der Waals surface area contributed by atoms with Gasteiger partial charge in [0.2, 0.25) is 0 Å². The van der Waals surface area contributed by atoms with E-state index in [2.05, 4.69) is 9.82 Å². The monoisotopic (exact) mass is 275 g/mol. The minimum atomic E-state index is -3.77. The molecule has 0 saturated heterocycles. The van der Waals surface area contributed by atoms with E-state index in [-0.39, 0.29) is 10.7 Å². The summed E-state index contributed by atoms with van der Waals surface area (Å²) in [6.45, 7) is 0. The average molecular weight is 275 g/mol. The third kappa shape index (κ3) is 3.18. The number of rotatable bonds is 3. The van der Waals surface area contributed by atoms with Crippen LogP contribution < -0.4 is 11.3 Å². The lowest BCUT2D eigenvalue weighted by Gasteiger charge is -2.06. The molecule has 0 aliphatic heterocycles. The Morgan fingerprint density at radius 2 is 1.47 bits per heavy atom. The number of amidine groups is 1. The Balaban J connectivity index is 2.44. The van der Waals surface area contributed by atoms with Gasteiger partial charge >= 0.3 is 0 Å². The van der Waals surface area contributed by atoms with Crippen molar-refractivity contribution >= 4 is 15.9 Å². The zero-order chi connectivity index (χ0) is 13.7. The van der Waals surface area contributed by atoms with Crippen molar-refractivity contribution in [2.75, 3.05) is 0 Å². The Morgan fingerprint density at radius 3 is 2.00 bits per heavy atom. The molecule has 0 saturated carbocycles. The van der Waals surface area contributed by atoms with Crippen molar-refractivity contribution in [2.45, 2.75) is 4.90 Å². The predicted molar refractivity (Wildman–Crippen MR) is 73.9 cm³/mol. The molecule has 0 unspecified atom stereocenters. The molecule has 19 heavy (non-hydrogen) atoms. The highest BCUT2D eigenvalue weighted by atomic mass is 32.2. The molecule has 0 amide bonds. The van der Waals surface area contributed by atoms with E-state index >= 15 is 0 Å². The van der Waals surface area contributed by atoms with Crippen LogP contribution in [-0.4, -0.2) is 14.3 Å². The molecule has 0 fully saturated rings. The number of nitrogens with one attached hydrogen (secondary N) is 1. The summed E-state index contributed by atoms with van der Waals surface area (Å²) in [4.78, 5) is 0.124. The zero-order valence-electron chi connectivity index (χ0n) is 10.0. The predicted octanol–water partition coefficient (Wildman–Crippen LogP) is 1.29. The first kappa shape index (κ1) is 13.3. The molecular formula is C13H13N3O2S. The molecule has 3 N–H and O–H groups in total. The third-order valence-electron chi connectivity index (χ3n) is 2.44. The summed E-state index contributed by atoms with van der Waals surface area (Å²) in [7, 11) is -3.77. The Morgan fingerprint density at radius 1 is 0.947 bits per heavy atom. The first-order chi connectivity index (χ1) is 9.13. The van der Waals surface area contributed by atoms with Crippen LogP contribution in [0, 0.1) is 0 Å². The lowest BCUT2D eigenvalue weighted by molar-refractivity contribution is 0.598. The molecule has 0 atom stereocenters. The number of sulfonamides is 1. The maximum atomic E-state index is 12.1. The Bertz CT molecular complexity index is 668. The average Bonchev–Trinajstić information content (AvgIpc) is 2.47. The van der Waals surface area contributed by atoms with Gasteiger partial charge in [0.1, 0.15) is 0 Å². The van der Waals surface area contributed by atoms with Crippen LogP contribution in [0.1, 0.15) is 5.56 Å². The lowest BCUT2D eigenvalue weighted by Crippen LogP contribution is -2.31. The Kier molecular flexibility index (Phi) is 3.94. The SMILES string of the molecule is NNC(=NS(=O)(=O)c1ccccc1)c1ccccc1. The number of hydrogen-bond donors (Lipinski definition) is 2. The molecule has 0 spiro atoms. The molecule has 2 rings (SSSR count). The molecule has 5 nitrogen and oxygen atoms in total. The molecule has 0 aliphatic rings. The maximum Gasteiger partial charge on any atom is 0.284 e. The van der Waals surface area contributed by atoms with Crippen LogP contribution in [0.3, 0.4) is 0 Å². The molecule has 2 aromatic carbocycles. The fourth-order valence-electron chi connectivity index (χ4n) is 1.52. The van der Waals surface area contributed by atoms with Crippen LogP contribution in [0.5, 0.6) is 0 Å². The van der Waals surface area contributed by atoms with Gasteiger partial charge in [0.15, 0.2) is 5.84 Å². The minimum absolute atomic E-state index is 0.101. The standard InChI is InChI=1S/C13H13N3O2S/c14-15-13(11-7-3-1-4-8-11)16-19(17,18)12-9-5-2-6-10-12/h1-10H,14H2,(H,15,16). The zero-order valence-corrected chi connectivity index (χ0v) is 10.8. The smallest absolute Gasteiger partial charge is 0.284 e. The van der Waals surface area contributed by atoms with E-state index in [1.54, 1.807) is 42.5 Å². The molecule has 0 aliphatic carbocycles. The van der Waals surface area contributed by atoms with Crippen molar-refractivity contribution < 1.29 is 8.42 Å². The fourth-order valence-corrected chi connectivity index (χ4v) is 2.53. The van der Waals surface area contributed by atoms with Gasteiger partial charge in [-0.3, -0.25) is 0 Å². The summed E-state index contributed by atoms with van der Waals surface area (Å²) in [5, 5.41) is 0. The Labute approximate surface area is 111 Å². The summed E-state index contributed by atoms with van der Waals surface area (Å²) in [6, 6.07) is 16.8.